The third kappa shape index (κ3) is 8.13. The van der Waals surface area contributed by atoms with Crippen LogP contribution in [0.15, 0.2) is 36.4 Å². The SMILES string of the molecule is Cc1ccc(C(=O)/C=C/C(=O)N(CC(C)C)C(C(=O)NC(C)(C)C)C(C)(C)C)cc1. The third-order valence-electron chi connectivity index (χ3n) is 4.44. The van der Waals surface area contributed by atoms with E-state index < -0.39 is 17.0 Å². The summed E-state index contributed by atoms with van der Waals surface area (Å²) in [5.41, 5.74) is 0.699. The predicted octanol–water partition coefficient (Wildman–Crippen LogP) is 4.55. The van der Waals surface area contributed by atoms with Gasteiger partial charge in [-0.05, 0) is 45.1 Å². The lowest BCUT2D eigenvalue weighted by atomic mass is 9.84. The molecule has 1 aromatic carbocycles. The molecule has 0 aliphatic heterocycles. The smallest absolute Gasteiger partial charge is 0.247 e. The lowest BCUT2D eigenvalue weighted by Crippen LogP contribution is -2.59. The van der Waals surface area contributed by atoms with Crippen molar-refractivity contribution in [3.8, 4) is 0 Å². The van der Waals surface area contributed by atoms with E-state index in [0.717, 1.165) is 5.56 Å². The number of aryl methyl sites for hydroxylation is 1. The van der Waals surface area contributed by atoms with E-state index in [1.807, 2.05) is 74.4 Å². The van der Waals surface area contributed by atoms with Gasteiger partial charge in [-0.3, -0.25) is 14.4 Å². The Hall–Kier alpha value is -2.43. The Labute approximate surface area is 181 Å². The van der Waals surface area contributed by atoms with Crippen molar-refractivity contribution in [1.82, 2.24) is 10.2 Å². The van der Waals surface area contributed by atoms with Crippen LogP contribution in [-0.4, -0.2) is 40.6 Å². The third-order valence-corrected chi connectivity index (χ3v) is 4.44. The van der Waals surface area contributed by atoms with E-state index in [1.54, 1.807) is 17.0 Å². The first-order valence-corrected chi connectivity index (χ1v) is 10.5. The summed E-state index contributed by atoms with van der Waals surface area (Å²) in [4.78, 5) is 40.3. The molecule has 0 aliphatic rings. The molecule has 0 aliphatic carbocycles. The molecule has 0 fully saturated rings. The zero-order valence-corrected chi connectivity index (χ0v) is 20.0. The minimum absolute atomic E-state index is 0.169. The molecule has 1 atom stereocenters. The Balaban J connectivity index is 3.19. The van der Waals surface area contributed by atoms with Crippen LogP contribution < -0.4 is 5.32 Å². The number of ketones is 1. The second kappa shape index (κ2) is 10.1. The van der Waals surface area contributed by atoms with Crippen molar-refractivity contribution in [3.63, 3.8) is 0 Å². The number of carbonyl (C=O) groups excluding carboxylic acids is 3. The van der Waals surface area contributed by atoms with Crippen molar-refractivity contribution in [3.05, 3.63) is 47.5 Å². The fourth-order valence-electron chi connectivity index (χ4n) is 3.21. The molecule has 5 nitrogen and oxygen atoms in total. The second-order valence-corrected chi connectivity index (χ2v) is 10.5. The number of carbonyl (C=O) groups is 3. The molecule has 1 unspecified atom stereocenters. The monoisotopic (exact) mass is 414 g/mol. The normalized spacial score (nSPS) is 13.4. The number of allylic oxidation sites excluding steroid dienone is 1. The van der Waals surface area contributed by atoms with Crippen LogP contribution in [-0.2, 0) is 9.59 Å². The molecule has 0 radical (unpaired) electrons. The number of nitrogens with one attached hydrogen (secondary N) is 1. The number of hydrogen-bond donors (Lipinski definition) is 1. The molecule has 166 valence electrons. The first-order valence-electron chi connectivity index (χ1n) is 10.5. The summed E-state index contributed by atoms with van der Waals surface area (Å²) < 4.78 is 0. The maximum absolute atomic E-state index is 13.1. The van der Waals surface area contributed by atoms with Crippen LogP contribution >= 0.6 is 0 Å². The zero-order valence-electron chi connectivity index (χ0n) is 20.0. The van der Waals surface area contributed by atoms with E-state index in [1.165, 1.54) is 12.2 Å². The summed E-state index contributed by atoms with van der Waals surface area (Å²) in [7, 11) is 0. The average molecular weight is 415 g/mol. The molecule has 0 bridgehead atoms. The maximum Gasteiger partial charge on any atom is 0.247 e. The van der Waals surface area contributed by atoms with Crippen LogP contribution in [0.3, 0.4) is 0 Å². The Morgan fingerprint density at radius 3 is 1.93 bits per heavy atom. The molecule has 0 spiro atoms. The molecule has 2 amide bonds. The summed E-state index contributed by atoms with van der Waals surface area (Å²) in [5, 5.41) is 3.01. The van der Waals surface area contributed by atoms with E-state index >= 15 is 0 Å². The van der Waals surface area contributed by atoms with Gasteiger partial charge >= 0.3 is 0 Å². The molecular formula is C25H38N2O3. The van der Waals surface area contributed by atoms with Crippen LogP contribution in [0.1, 0.15) is 71.3 Å². The number of hydrogen-bond acceptors (Lipinski definition) is 3. The van der Waals surface area contributed by atoms with Crippen LogP contribution in [0, 0.1) is 18.3 Å². The Kier molecular flexibility index (Phi) is 8.58. The zero-order chi connectivity index (χ0) is 23.3. The van der Waals surface area contributed by atoms with Crippen LogP contribution in [0.2, 0.25) is 0 Å². The Bertz CT molecular complexity index is 778. The topological polar surface area (TPSA) is 66.5 Å². The first kappa shape index (κ1) is 25.6. The summed E-state index contributed by atoms with van der Waals surface area (Å²) in [6, 6.07) is 6.55. The summed E-state index contributed by atoms with van der Waals surface area (Å²) in [6.07, 6.45) is 2.58. The molecule has 0 saturated heterocycles. The van der Waals surface area contributed by atoms with Crippen molar-refractivity contribution in [2.75, 3.05) is 6.54 Å². The minimum Gasteiger partial charge on any atom is -0.350 e. The van der Waals surface area contributed by atoms with Crippen molar-refractivity contribution < 1.29 is 14.4 Å². The van der Waals surface area contributed by atoms with Crippen LogP contribution in [0.5, 0.6) is 0 Å². The van der Waals surface area contributed by atoms with Gasteiger partial charge in [0, 0.05) is 23.7 Å². The quantitative estimate of drug-likeness (QED) is 0.526. The average Bonchev–Trinajstić information content (AvgIpc) is 2.56. The molecule has 0 aromatic heterocycles. The molecule has 1 N–H and O–H groups in total. The van der Waals surface area contributed by atoms with Gasteiger partial charge in [0.15, 0.2) is 5.78 Å². The standard InChI is InChI=1S/C25H38N2O3/c1-17(2)16-27(22(24(4,5)6)23(30)26-25(7,8)9)21(29)15-14-20(28)19-12-10-18(3)11-13-19/h10-15,17,22H,16H2,1-9H3,(H,26,30)/b15-14+. The van der Waals surface area contributed by atoms with E-state index in [2.05, 4.69) is 5.32 Å². The highest BCUT2D eigenvalue weighted by Crippen LogP contribution is 2.27. The van der Waals surface area contributed by atoms with E-state index in [4.69, 9.17) is 0 Å². The highest BCUT2D eigenvalue weighted by atomic mass is 16.2. The van der Waals surface area contributed by atoms with Gasteiger partial charge in [0.25, 0.3) is 0 Å². The minimum atomic E-state index is -0.661. The van der Waals surface area contributed by atoms with Gasteiger partial charge in [-0.25, -0.2) is 0 Å². The molecule has 1 aromatic rings. The van der Waals surface area contributed by atoms with E-state index in [0.29, 0.717) is 12.1 Å². The first-order chi connectivity index (χ1) is 13.6. The fourth-order valence-corrected chi connectivity index (χ4v) is 3.21. The van der Waals surface area contributed by atoms with Gasteiger partial charge in [-0.15, -0.1) is 0 Å². The number of amides is 2. The summed E-state index contributed by atoms with van der Waals surface area (Å²) in [5.74, 6) is -0.600. The van der Waals surface area contributed by atoms with Crippen molar-refractivity contribution in [1.29, 1.82) is 0 Å². The lowest BCUT2D eigenvalue weighted by Gasteiger charge is -2.40. The van der Waals surface area contributed by atoms with Gasteiger partial charge in [0.2, 0.25) is 11.8 Å². The molecule has 30 heavy (non-hydrogen) atoms. The number of benzene rings is 1. The number of rotatable bonds is 7. The van der Waals surface area contributed by atoms with Crippen LogP contribution in [0.4, 0.5) is 0 Å². The Morgan fingerprint density at radius 2 is 1.50 bits per heavy atom. The van der Waals surface area contributed by atoms with E-state index in [-0.39, 0.29) is 23.5 Å². The molecule has 5 heteroatoms. The molecule has 1 rings (SSSR count). The van der Waals surface area contributed by atoms with E-state index in [9.17, 15) is 14.4 Å². The van der Waals surface area contributed by atoms with Crippen LogP contribution in [0.25, 0.3) is 0 Å². The molecule has 0 heterocycles. The van der Waals surface area contributed by atoms with Gasteiger partial charge < -0.3 is 10.2 Å². The maximum atomic E-state index is 13.1. The van der Waals surface area contributed by atoms with Gasteiger partial charge in [-0.1, -0.05) is 64.4 Å². The highest BCUT2D eigenvalue weighted by Gasteiger charge is 2.39. The van der Waals surface area contributed by atoms with Crippen molar-refractivity contribution >= 4 is 17.6 Å². The molecular weight excluding hydrogens is 376 g/mol. The largest absolute Gasteiger partial charge is 0.350 e. The molecule has 0 saturated carbocycles. The fraction of sp³-hybridized carbons (Fsp3) is 0.560. The Morgan fingerprint density at radius 1 is 0.967 bits per heavy atom. The second-order valence-electron chi connectivity index (χ2n) is 10.5. The predicted molar refractivity (Wildman–Crippen MR) is 122 cm³/mol. The van der Waals surface area contributed by atoms with Gasteiger partial charge in [0.05, 0.1) is 0 Å². The van der Waals surface area contributed by atoms with Gasteiger partial charge in [-0.2, -0.15) is 0 Å². The van der Waals surface area contributed by atoms with Crippen molar-refractivity contribution in [2.45, 2.75) is 73.9 Å². The lowest BCUT2D eigenvalue weighted by molar-refractivity contribution is -0.142. The summed E-state index contributed by atoms with van der Waals surface area (Å²) >= 11 is 0. The van der Waals surface area contributed by atoms with Gasteiger partial charge in [0.1, 0.15) is 6.04 Å². The van der Waals surface area contributed by atoms with Crippen molar-refractivity contribution in [2.24, 2.45) is 11.3 Å². The highest BCUT2D eigenvalue weighted by molar-refractivity contribution is 6.08. The number of nitrogens with zero attached hydrogens (tertiary/aromatic N) is 1. The summed E-state index contributed by atoms with van der Waals surface area (Å²) in [6.45, 7) is 18.0.